The van der Waals surface area contributed by atoms with Crippen molar-refractivity contribution in [3.8, 4) is 0 Å². The molecule has 246 valence electrons. The topological polar surface area (TPSA) is 104 Å². The summed E-state index contributed by atoms with van der Waals surface area (Å²) < 4.78 is 51.7. The van der Waals surface area contributed by atoms with Crippen LogP contribution in [-0.4, -0.2) is 76.7 Å². The average molecular weight is 641 g/mol. The van der Waals surface area contributed by atoms with E-state index in [1.807, 2.05) is 66.7 Å². The number of aliphatic hydroxyl groups is 1. The van der Waals surface area contributed by atoms with Gasteiger partial charge in [-0.15, -0.1) is 0 Å². The maximum atomic E-state index is 13.0. The third-order valence-corrected chi connectivity index (χ3v) is 8.38. The van der Waals surface area contributed by atoms with Crippen LogP contribution in [0.2, 0.25) is 0 Å². The first-order chi connectivity index (χ1) is 22.1. The molecule has 0 spiro atoms. The van der Waals surface area contributed by atoms with Crippen LogP contribution in [0, 0.1) is 0 Å². The van der Waals surface area contributed by atoms with Gasteiger partial charge < -0.3 is 29.7 Å². The minimum Gasteiger partial charge on any atom is -0.392 e. The summed E-state index contributed by atoms with van der Waals surface area (Å²) in [5, 5.41) is 12.1. The van der Waals surface area contributed by atoms with Crippen molar-refractivity contribution in [1.29, 1.82) is 0 Å². The number of pyridine rings is 1. The first-order valence-corrected chi connectivity index (χ1v) is 15.4. The highest BCUT2D eigenvalue weighted by Gasteiger charge is 2.47. The monoisotopic (exact) mass is 640 g/mol. The number of aliphatic hydroxyl groups excluding tert-OH is 1. The lowest BCUT2D eigenvalue weighted by Crippen LogP contribution is -2.50. The predicted molar refractivity (Wildman–Crippen MR) is 163 cm³/mol. The molecule has 0 aliphatic carbocycles. The molecule has 2 fully saturated rings. The number of likely N-dealkylation sites (tertiary alicyclic amines) is 1. The van der Waals surface area contributed by atoms with Crippen LogP contribution in [0.25, 0.3) is 0 Å². The Bertz CT molecular complexity index is 1440. The van der Waals surface area contributed by atoms with Crippen molar-refractivity contribution in [1.82, 2.24) is 20.1 Å². The second-order valence-electron chi connectivity index (χ2n) is 11.8. The van der Waals surface area contributed by atoms with Gasteiger partial charge >= 0.3 is 12.1 Å². The van der Waals surface area contributed by atoms with Gasteiger partial charge in [0.15, 0.2) is 6.29 Å². The number of carbonyl (C=O) groups is 2. The number of hydrogen-bond donors (Lipinski definition) is 2. The van der Waals surface area contributed by atoms with E-state index in [1.165, 1.54) is 0 Å². The molecule has 46 heavy (non-hydrogen) atoms. The van der Waals surface area contributed by atoms with Gasteiger partial charge in [0, 0.05) is 56.5 Å². The van der Waals surface area contributed by atoms with Crippen molar-refractivity contribution in [2.75, 3.05) is 26.7 Å². The summed E-state index contributed by atoms with van der Waals surface area (Å²) in [6, 6.07) is 19.7. The lowest BCUT2D eigenvalue weighted by molar-refractivity contribution is -0.252. The maximum absolute atomic E-state index is 13.0. The number of halogens is 3. The van der Waals surface area contributed by atoms with Gasteiger partial charge in [0.05, 0.1) is 18.8 Å². The summed E-state index contributed by atoms with van der Waals surface area (Å²) in [5.41, 5.74) is 4.34. The Hall–Kier alpha value is -3.84. The normalized spacial score (nSPS) is 21.8. The number of hydrogen-bond acceptors (Lipinski definition) is 7. The number of aromatic nitrogens is 1. The van der Waals surface area contributed by atoms with Crippen LogP contribution in [-0.2, 0) is 38.6 Å². The molecular weight excluding hydrogens is 601 g/mol. The quantitative estimate of drug-likeness (QED) is 0.319. The highest BCUT2D eigenvalue weighted by atomic mass is 19.4. The number of nitrogens with one attached hydrogen (secondary N) is 1. The first kappa shape index (κ1) is 33.5. The zero-order valence-corrected chi connectivity index (χ0v) is 25.7. The highest BCUT2D eigenvalue weighted by molar-refractivity contribution is 5.90. The molecule has 2 saturated heterocycles. The second kappa shape index (κ2) is 15.2. The van der Waals surface area contributed by atoms with Gasteiger partial charge in [-0.2, -0.15) is 13.2 Å². The molecule has 1 aromatic heterocycles. The molecule has 9 nitrogen and oxygen atoms in total. The summed E-state index contributed by atoms with van der Waals surface area (Å²) in [7, 11) is 2.05. The molecule has 0 saturated carbocycles. The average Bonchev–Trinajstić information content (AvgIpc) is 3.56. The number of likely N-dealkylation sites (N-methyl/N-ethyl adjacent to an activating group) is 1. The molecule has 2 aliphatic heterocycles. The van der Waals surface area contributed by atoms with E-state index in [4.69, 9.17) is 9.47 Å². The number of alkyl halides is 3. The lowest BCUT2D eigenvalue weighted by atomic mass is 9.99. The fourth-order valence-corrected chi connectivity index (χ4v) is 5.87. The first-order valence-electron chi connectivity index (χ1n) is 15.4. The van der Waals surface area contributed by atoms with Crippen molar-refractivity contribution in [3.63, 3.8) is 0 Å². The maximum Gasteiger partial charge on any atom is 0.471 e. The Morgan fingerprint density at radius 3 is 2.41 bits per heavy atom. The smallest absolute Gasteiger partial charge is 0.392 e. The van der Waals surface area contributed by atoms with Crippen molar-refractivity contribution < 1.29 is 37.3 Å². The van der Waals surface area contributed by atoms with E-state index in [2.05, 4.69) is 22.2 Å². The molecule has 12 heteroatoms. The summed E-state index contributed by atoms with van der Waals surface area (Å²) >= 11 is 0. The predicted octanol–water partition coefficient (Wildman–Crippen LogP) is 4.46. The summed E-state index contributed by atoms with van der Waals surface area (Å²) in [5.74, 6) is -2.59. The third kappa shape index (κ3) is 8.69. The van der Waals surface area contributed by atoms with Gasteiger partial charge in [-0.25, -0.2) is 0 Å². The van der Waals surface area contributed by atoms with Gasteiger partial charge in [-0.05, 0) is 48.7 Å². The van der Waals surface area contributed by atoms with Crippen LogP contribution >= 0.6 is 0 Å². The number of ether oxygens (including phenoxy) is 2. The van der Waals surface area contributed by atoms with Crippen molar-refractivity contribution in [2.24, 2.45) is 0 Å². The fourth-order valence-electron chi connectivity index (χ4n) is 5.87. The molecule has 4 atom stereocenters. The van der Waals surface area contributed by atoms with Crippen LogP contribution in [0.1, 0.15) is 59.6 Å². The molecule has 3 heterocycles. The van der Waals surface area contributed by atoms with Crippen LogP contribution in [0.4, 0.5) is 13.2 Å². The van der Waals surface area contributed by atoms with Gasteiger partial charge in [-0.3, -0.25) is 14.6 Å². The number of nitrogens with zero attached hydrogens (tertiary/aromatic N) is 3. The van der Waals surface area contributed by atoms with E-state index < -0.39 is 30.3 Å². The number of carbonyl (C=O) groups excluding carboxylic acids is 2. The van der Waals surface area contributed by atoms with Gasteiger partial charge in [0.25, 0.3) is 0 Å². The molecule has 2 N–H and O–H groups in total. The fraction of sp³-hybridized carbons (Fsp3) is 0.441. The summed E-state index contributed by atoms with van der Waals surface area (Å²) in [6.45, 7) is 1.44. The molecule has 2 aliphatic rings. The van der Waals surface area contributed by atoms with Crippen LogP contribution < -0.4 is 5.32 Å². The Balaban J connectivity index is 1.22. The van der Waals surface area contributed by atoms with E-state index in [1.54, 1.807) is 6.20 Å². The van der Waals surface area contributed by atoms with Gasteiger partial charge in [0.1, 0.15) is 6.04 Å². The molecule has 3 aromatic rings. The summed E-state index contributed by atoms with van der Waals surface area (Å²) in [6.07, 6.45) is -2.29. The Morgan fingerprint density at radius 1 is 1.02 bits per heavy atom. The SMILES string of the molecule is CN(CCc1ccccn1)C[C@H]1C[C@@H](c2ccc(CO)cc2)O[C@@H](c2ccc(CNC(=O)[C@@H]3CCCN3C(=O)C(F)(F)F)cc2)O1. The van der Waals surface area contributed by atoms with E-state index in [-0.39, 0.29) is 38.3 Å². The van der Waals surface area contributed by atoms with Crippen molar-refractivity contribution >= 4 is 11.8 Å². The Morgan fingerprint density at radius 2 is 1.74 bits per heavy atom. The minimum atomic E-state index is -5.02. The molecule has 0 radical (unpaired) electrons. The Kier molecular flexibility index (Phi) is 11.1. The van der Waals surface area contributed by atoms with Crippen molar-refractivity contribution in [3.05, 3.63) is 101 Å². The van der Waals surface area contributed by atoms with E-state index in [0.717, 1.165) is 40.9 Å². The molecule has 0 unspecified atom stereocenters. The van der Waals surface area contributed by atoms with Gasteiger partial charge in [0.2, 0.25) is 5.91 Å². The largest absolute Gasteiger partial charge is 0.471 e. The highest BCUT2D eigenvalue weighted by Crippen LogP contribution is 2.38. The zero-order chi connectivity index (χ0) is 32.7. The molecule has 5 rings (SSSR count). The second-order valence-corrected chi connectivity index (χ2v) is 11.8. The molecular formula is C34H39F3N4O5. The third-order valence-electron chi connectivity index (χ3n) is 8.38. The standard InChI is InChI=1S/C34H39F3N4O5/c1-40(18-15-27-5-2-3-16-38-27)21-28-19-30(25-11-9-24(22-42)10-12-25)46-32(45-28)26-13-7-23(8-14-26)20-39-31(43)29-6-4-17-41(29)33(44)34(35,36)37/h2-3,5,7-14,16,28-30,32,42H,4,6,15,17-22H2,1H3,(H,39,43)/t28-,29+,30+,32+/m1/s1. The molecule has 0 bridgehead atoms. The minimum absolute atomic E-state index is 0.0430. The number of rotatable bonds is 11. The van der Waals surface area contributed by atoms with Gasteiger partial charge in [-0.1, -0.05) is 54.6 Å². The summed E-state index contributed by atoms with van der Waals surface area (Å²) in [4.78, 5) is 31.7. The van der Waals surface area contributed by atoms with Crippen LogP contribution in [0.5, 0.6) is 0 Å². The van der Waals surface area contributed by atoms with Crippen LogP contribution in [0.15, 0.2) is 72.9 Å². The van der Waals surface area contributed by atoms with E-state index in [0.29, 0.717) is 24.3 Å². The molecule has 2 amide bonds. The Labute approximate surface area is 266 Å². The van der Waals surface area contributed by atoms with Crippen molar-refractivity contribution in [2.45, 2.75) is 69.6 Å². The number of amides is 2. The zero-order valence-electron chi connectivity index (χ0n) is 25.7. The molecule has 2 aromatic carbocycles. The van der Waals surface area contributed by atoms with E-state index >= 15 is 0 Å². The number of benzene rings is 2. The van der Waals surface area contributed by atoms with E-state index in [9.17, 15) is 27.9 Å². The van der Waals surface area contributed by atoms with Crippen LogP contribution in [0.3, 0.4) is 0 Å². The lowest BCUT2D eigenvalue weighted by Gasteiger charge is -2.38.